The maximum Gasteiger partial charge on any atom is 0.339 e. The van der Waals surface area contributed by atoms with Gasteiger partial charge in [0.05, 0.1) is 34.5 Å². The number of carbonyl (C=O) groups excluding carboxylic acids is 2. The number of amides is 2. The third kappa shape index (κ3) is 11.4. The lowest BCUT2D eigenvalue weighted by atomic mass is 10.0. The minimum Gasteiger partial charge on any atom is -0.481 e. The number of benzene rings is 5. The zero-order chi connectivity index (χ0) is 47.4. The lowest BCUT2D eigenvalue weighted by molar-refractivity contribution is -0.137. The van der Waals surface area contributed by atoms with E-state index in [1.807, 2.05) is 42.5 Å². The van der Waals surface area contributed by atoms with Gasteiger partial charge in [-0.1, -0.05) is 30.3 Å². The number of piperidine rings is 1. The van der Waals surface area contributed by atoms with Crippen molar-refractivity contribution in [1.82, 2.24) is 19.9 Å². The number of aromatic amines is 2. The highest BCUT2D eigenvalue weighted by molar-refractivity contribution is 7.87. The van der Waals surface area contributed by atoms with Crippen LogP contribution < -0.4 is 29.2 Å². The number of aliphatic carboxylic acids is 1. The van der Waals surface area contributed by atoms with Gasteiger partial charge in [-0.3, -0.25) is 25.0 Å². The Balaban J connectivity index is 0.000000172. The Bertz CT molecular complexity index is 3180. The number of carbonyl (C=O) groups is 3. The van der Waals surface area contributed by atoms with Gasteiger partial charge in [-0.25, -0.2) is 9.97 Å². The summed E-state index contributed by atoms with van der Waals surface area (Å²) in [6.07, 6.45) is 6.96. The van der Waals surface area contributed by atoms with Gasteiger partial charge in [-0.2, -0.15) is 16.8 Å². The summed E-state index contributed by atoms with van der Waals surface area (Å²) in [6, 6.07) is 30.7. The van der Waals surface area contributed by atoms with Crippen molar-refractivity contribution in [3.8, 4) is 11.5 Å². The average Bonchev–Trinajstić information content (AvgIpc) is 4.27. The first-order valence-electron chi connectivity index (χ1n) is 22.2. The van der Waals surface area contributed by atoms with Gasteiger partial charge in [0.1, 0.15) is 21.3 Å². The fourth-order valence-corrected chi connectivity index (χ4v) is 9.53. The Kier molecular flexibility index (Phi) is 13.0. The van der Waals surface area contributed by atoms with Crippen LogP contribution >= 0.6 is 0 Å². The van der Waals surface area contributed by atoms with E-state index in [4.69, 9.17) is 8.37 Å². The Morgan fingerprint density at radius 2 is 1.13 bits per heavy atom. The molecule has 10 rings (SSSR count). The number of nitrogens with zero attached hydrogens (tertiary/aromatic N) is 3. The summed E-state index contributed by atoms with van der Waals surface area (Å²) in [5.41, 5.74) is 4.66. The first kappa shape index (κ1) is 45.7. The van der Waals surface area contributed by atoms with Gasteiger partial charge in [0.2, 0.25) is 23.7 Å². The van der Waals surface area contributed by atoms with Crippen LogP contribution in [0.1, 0.15) is 63.0 Å². The third-order valence-corrected chi connectivity index (χ3v) is 14.1. The molecule has 1 saturated heterocycles. The second-order valence-electron chi connectivity index (χ2n) is 16.9. The van der Waals surface area contributed by atoms with Gasteiger partial charge in [-0.15, -0.1) is 0 Å². The smallest absolute Gasteiger partial charge is 0.339 e. The number of hydrogen-bond acceptors (Lipinski definition) is 13. The van der Waals surface area contributed by atoms with Crippen molar-refractivity contribution in [3.05, 3.63) is 121 Å². The molecule has 20 heteroatoms. The van der Waals surface area contributed by atoms with Gasteiger partial charge < -0.3 is 33.7 Å². The van der Waals surface area contributed by atoms with Crippen molar-refractivity contribution in [1.29, 1.82) is 0 Å². The Morgan fingerprint density at radius 1 is 0.647 bits per heavy atom. The van der Waals surface area contributed by atoms with Gasteiger partial charge in [0, 0.05) is 48.4 Å². The molecule has 0 radical (unpaired) electrons. The lowest BCUT2D eigenvalue weighted by Crippen LogP contribution is -2.29. The normalized spacial score (nSPS) is 15.4. The summed E-state index contributed by atoms with van der Waals surface area (Å²) < 4.78 is 61.9. The maximum atomic E-state index is 12.9. The van der Waals surface area contributed by atoms with Crippen molar-refractivity contribution in [2.75, 3.05) is 33.9 Å². The van der Waals surface area contributed by atoms with Crippen LogP contribution in [0, 0.1) is 11.8 Å². The van der Waals surface area contributed by atoms with Gasteiger partial charge >= 0.3 is 26.2 Å². The highest BCUT2D eigenvalue weighted by Gasteiger charge is 2.31. The van der Waals surface area contributed by atoms with Crippen molar-refractivity contribution in [2.45, 2.75) is 67.2 Å². The molecule has 5 aromatic carbocycles. The van der Waals surface area contributed by atoms with Crippen molar-refractivity contribution in [2.24, 2.45) is 11.8 Å². The molecule has 2 saturated carbocycles. The number of nitrogens with one attached hydrogen (secondary N) is 5. The highest BCUT2D eigenvalue weighted by Crippen LogP contribution is 2.33. The largest absolute Gasteiger partial charge is 0.481 e. The number of carboxylic acid groups (broad SMARTS) is 1. The zero-order valence-electron chi connectivity index (χ0n) is 36.6. The molecule has 1 aliphatic heterocycles. The van der Waals surface area contributed by atoms with Crippen LogP contribution in [0.15, 0.2) is 125 Å². The molecule has 3 fully saturated rings. The number of rotatable bonds is 16. The molecular formula is C48H48N8O10S2. The first-order chi connectivity index (χ1) is 32.7. The van der Waals surface area contributed by atoms with E-state index in [0.717, 1.165) is 62.9 Å². The van der Waals surface area contributed by atoms with E-state index >= 15 is 0 Å². The Morgan fingerprint density at radius 3 is 1.60 bits per heavy atom. The van der Waals surface area contributed by atoms with Crippen molar-refractivity contribution >= 4 is 83.4 Å². The van der Waals surface area contributed by atoms with E-state index in [-0.39, 0.29) is 51.4 Å². The SMILES string of the molecule is O=C(Nc1nc2ccc(OS(=O)(=O)c3ccc(N4CCCCC4)cc3)cc2[nH]1)C1CC1.O=C(O)CC(Nc1ccc(S(=O)(=O)Oc2ccc3nc(NC(=O)C4CC4)[nH]c3c2)cc1)c1ccccc1. The second kappa shape index (κ2) is 19.4. The van der Waals surface area contributed by atoms with E-state index in [9.17, 15) is 36.3 Å². The number of aromatic nitrogens is 4. The predicted octanol–water partition coefficient (Wildman–Crippen LogP) is 7.98. The van der Waals surface area contributed by atoms with Gasteiger partial charge in [-0.05, 0) is 123 Å². The molecule has 68 heavy (non-hydrogen) atoms. The van der Waals surface area contributed by atoms with Crippen LogP contribution in [0.2, 0.25) is 0 Å². The molecule has 6 N–H and O–H groups in total. The molecular weight excluding hydrogens is 913 g/mol. The van der Waals surface area contributed by atoms with E-state index in [2.05, 4.69) is 40.8 Å². The molecule has 18 nitrogen and oxygen atoms in total. The quantitative estimate of drug-likeness (QED) is 0.0503. The molecule has 0 spiro atoms. The lowest BCUT2D eigenvalue weighted by Gasteiger charge is -2.28. The summed E-state index contributed by atoms with van der Waals surface area (Å²) in [5, 5.41) is 17.9. The van der Waals surface area contributed by atoms with Gasteiger partial charge in [0.25, 0.3) is 0 Å². The van der Waals surface area contributed by atoms with Crippen LogP contribution in [-0.4, -0.2) is 72.8 Å². The number of carboxylic acids is 1. The fourth-order valence-electron chi connectivity index (χ4n) is 7.68. The van der Waals surface area contributed by atoms with E-state index in [1.54, 1.807) is 48.5 Å². The molecule has 2 aromatic heterocycles. The summed E-state index contributed by atoms with van der Waals surface area (Å²) in [4.78, 5) is 52.1. The average molecular weight is 961 g/mol. The fraction of sp³-hybridized carbons (Fsp3) is 0.271. The number of imidazole rings is 2. The summed E-state index contributed by atoms with van der Waals surface area (Å²) in [6.45, 7) is 1.99. The van der Waals surface area contributed by atoms with Gasteiger partial charge in [0.15, 0.2) is 0 Å². The topological polar surface area (TPSA) is 255 Å². The Hall–Kier alpha value is -7.45. The molecule has 3 aliphatic rings. The number of hydrogen-bond donors (Lipinski definition) is 6. The number of fused-ring (bicyclic) bond motifs is 2. The molecule has 7 aromatic rings. The molecule has 3 heterocycles. The van der Waals surface area contributed by atoms with E-state index in [0.29, 0.717) is 39.7 Å². The van der Waals surface area contributed by atoms with Crippen molar-refractivity contribution < 1.29 is 44.7 Å². The summed E-state index contributed by atoms with van der Waals surface area (Å²) in [5.74, 6) is -0.0909. The zero-order valence-corrected chi connectivity index (χ0v) is 38.2. The second-order valence-corrected chi connectivity index (χ2v) is 20.0. The summed E-state index contributed by atoms with van der Waals surface area (Å²) >= 11 is 0. The van der Waals surface area contributed by atoms with E-state index < -0.39 is 32.2 Å². The van der Waals surface area contributed by atoms with Crippen LogP contribution in [-0.2, 0) is 34.6 Å². The summed E-state index contributed by atoms with van der Waals surface area (Å²) in [7, 11) is -8.11. The van der Waals surface area contributed by atoms with E-state index in [1.165, 1.54) is 30.7 Å². The van der Waals surface area contributed by atoms with Crippen LogP contribution in [0.5, 0.6) is 11.5 Å². The first-order valence-corrected chi connectivity index (χ1v) is 25.0. The molecule has 0 bridgehead atoms. The molecule has 2 amide bonds. The minimum absolute atomic E-state index is 0.0280. The highest BCUT2D eigenvalue weighted by atomic mass is 32.2. The number of H-pyrrole nitrogens is 2. The standard InChI is InChI=1S/C26H24N4O6S.C22H24N4O4S/c31-24(32)15-22(16-4-2-1-3-5-16)27-18-8-11-20(12-9-18)37(34,35)36-19-10-13-21-23(14-19)29-26(28-21)30-25(33)17-6-7-17;27-21(15-4-5-15)25-22-23-19-11-8-17(14-20(19)24-22)30-31(28,29)18-9-6-16(7-10-18)26-12-2-1-3-13-26/h1-5,8-14,17,22,27H,6-7,15H2,(H,31,32)(H2,28,29,30,33);6-11,14-15H,1-5,12-13H2,(H2,23,24,25,27). The van der Waals surface area contributed by atoms with Crippen LogP contribution in [0.4, 0.5) is 23.3 Å². The number of anilines is 4. The molecule has 2 aliphatic carbocycles. The monoisotopic (exact) mass is 960 g/mol. The van der Waals surface area contributed by atoms with Crippen LogP contribution in [0.3, 0.4) is 0 Å². The third-order valence-electron chi connectivity index (χ3n) is 11.6. The molecule has 1 atom stereocenters. The minimum atomic E-state index is -4.14. The predicted molar refractivity (Wildman–Crippen MR) is 255 cm³/mol. The van der Waals surface area contributed by atoms with Crippen LogP contribution in [0.25, 0.3) is 22.1 Å². The molecule has 1 unspecified atom stereocenters. The molecule has 352 valence electrons. The van der Waals surface area contributed by atoms with Crippen molar-refractivity contribution in [3.63, 3.8) is 0 Å². The maximum absolute atomic E-state index is 12.9. The Labute approximate surface area is 391 Å².